The van der Waals surface area contributed by atoms with Gasteiger partial charge in [0.25, 0.3) is 0 Å². The van der Waals surface area contributed by atoms with Crippen LogP contribution in [-0.4, -0.2) is 29.6 Å². The molecule has 3 aromatic rings. The molecule has 1 heterocycles. The highest BCUT2D eigenvalue weighted by Gasteiger charge is 2.20. The highest BCUT2D eigenvalue weighted by atomic mass is 32.2. The van der Waals surface area contributed by atoms with E-state index >= 15 is 0 Å². The molecule has 0 unspecified atom stereocenters. The Morgan fingerprint density at radius 2 is 1.88 bits per heavy atom. The Morgan fingerprint density at radius 3 is 2.58 bits per heavy atom. The van der Waals surface area contributed by atoms with Crippen molar-refractivity contribution in [2.75, 3.05) is 7.05 Å². The molecule has 0 fully saturated rings. The number of rotatable bonds is 6. The highest BCUT2D eigenvalue weighted by molar-refractivity contribution is 7.88. The lowest BCUT2D eigenvalue weighted by Gasteiger charge is -2.17. The quantitative estimate of drug-likeness (QED) is 0.666. The van der Waals surface area contributed by atoms with Crippen LogP contribution in [0.4, 0.5) is 4.39 Å². The molecule has 0 aliphatic rings. The maximum atomic E-state index is 13.2. The average Bonchev–Trinajstić information content (AvgIpc) is 3.07. The lowest BCUT2D eigenvalue weighted by atomic mass is 10.1. The number of para-hydroxylation sites is 1. The van der Waals surface area contributed by atoms with Gasteiger partial charge < -0.3 is 0 Å². The second kappa shape index (κ2) is 7.39. The minimum atomic E-state index is -3.53. The van der Waals surface area contributed by atoms with Gasteiger partial charge in [0, 0.05) is 25.4 Å². The normalized spacial score (nSPS) is 11.8. The lowest BCUT2D eigenvalue weighted by molar-refractivity contribution is 0.465. The molecule has 5 nitrogen and oxygen atoms in total. The Labute approximate surface area is 152 Å². The number of halogens is 1. The molecule has 0 spiro atoms. The molecule has 0 amide bonds. The smallest absolute Gasteiger partial charge is 0.218 e. The summed E-state index contributed by atoms with van der Waals surface area (Å²) in [4.78, 5) is 0. The summed E-state index contributed by atoms with van der Waals surface area (Å²) in [6, 6.07) is 13.7. The van der Waals surface area contributed by atoms with Crippen LogP contribution in [0.1, 0.15) is 16.7 Å². The van der Waals surface area contributed by atoms with Crippen LogP contribution in [0, 0.1) is 12.7 Å². The van der Waals surface area contributed by atoms with E-state index in [1.54, 1.807) is 17.8 Å². The molecule has 136 valence electrons. The zero-order chi connectivity index (χ0) is 18.7. The standard InChI is InChI=1S/C19H20FN3O2S/c1-15-10-18(20)9-8-17(15)14-26(24,25)22(2)12-16-11-21-23(13-16)19-6-4-3-5-7-19/h3-11,13H,12,14H2,1-2H3. The van der Waals surface area contributed by atoms with Crippen LogP contribution in [0.3, 0.4) is 0 Å². The van der Waals surface area contributed by atoms with Gasteiger partial charge in [-0.15, -0.1) is 0 Å². The highest BCUT2D eigenvalue weighted by Crippen LogP contribution is 2.17. The summed E-state index contributed by atoms with van der Waals surface area (Å²) < 4.78 is 41.4. The minimum Gasteiger partial charge on any atom is -0.241 e. The monoisotopic (exact) mass is 373 g/mol. The van der Waals surface area contributed by atoms with Crippen LogP contribution in [0.25, 0.3) is 5.69 Å². The van der Waals surface area contributed by atoms with Gasteiger partial charge >= 0.3 is 0 Å². The van der Waals surface area contributed by atoms with E-state index in [2.05, 4.69) is 5.10 Å². The summed E-state index contributed by atoms with van der Waals surface area (Å²) in [6.45, 7) is 1.92. The zero-order valence-electron chi connectivity index (χ0n) is 14.6. The molecule has 0 aliphatic carbocycles. The van der Waals surface area contributed by atoms with Gasteiger partial charge in [-0.1, -0.05) is 24.3 Å². The number of sulfonamides is 1. The average molecular weight is 373 g/mol. The van der Waals surface area contributed by atoms with Crippen molar-refractivity contribution in [3.63, 3.8) is 0 Å². The lowest BCUT2D eigenvalue weighted by Crippen LogP contribution is -2.27. The van der Waals surface area contributed by atoms with E-state index in [1.165, 1.54) is 29.6 Å². The summed E-state index contributed by atoms with van der Waals surface area (Å²) in [6.07, 6.45) is 3.46. The number of aromatic nitrogens is 2. The number of hydrogen-bond acceptors (Lipinski definition) is 3. The minimum absolute atomic E-state index is 0.164. The summed E-state index contributed by atoms with van der Waals surface area (Å²) >= 11 is 0. The van der Waals surface area contributed by atoms with E-state index in [0.717, 1.165) is 11.3 Å². The number of aryl methyl sites for hydroxylation is 1. The van der Waals surface area contributed by atoms with Crippen molar-refractivity contribution in [2.45, 2.75) is 19.2 Å². The predicted molar refractivity (Wildman–Crippen MR) is 98.8 cm³/mol. The Kier molecular flexibility index (Phi) is 5.20. The first kappa shape index (κ1) is 18.3. The SMILES string of the molecule is Cc1cc(F)ccc1CS(=O)(=O)N(C)Cc1cnn(-c2ccccc2)c1. The van der Waals surface area contributed by atoms with Gasteiger partial charge in [0.15, 0.2) is 0 Å². The first-order valence-corrected chi connectivity index (χ1v) is 9.74. The van der Waals surface area contributed by atoms with Crippen molar-refractivity contribution in [1.29, 1.82) is 0 Å². The molecule has 3 rings (SSSR count). The van der Waals surface area contributed by atoms with E-state index in [4.69, 9.17) is 0 Å². The third-order valence-electron chi connectivity index (χ3n) is 4.18. The van der Waals surface area contributed by atoms with E-state index in [9.17, 15) is 12.8 Å². The van der Waals surface area contributed by atoms with E-state index in [0.29, 0.717) is 11.1 Å². The van der Waals surface area contributed by atoms with Crippen molar-refractivity contribution in [3.05, 3.63) is 83.4 Å². The summed E-state index contributed by atoms with van der Waals surface area (Å²) in [5.74, 6) is -0.534. The fourth-order valence-corrected chi connectivity index (χ4v) is 3.93. The van der Waals surface area contributed by atoms with Crippen LogP contribution in [0.15, 0.2) is 60.9 Å². The molecule has 0 saturated heterocycles. The first-order chi connectivity index (χ1) is 12.3. The molecule has 2 aromatic carbocycles. The Balaban J connectivity index is 1.72. The molecule has 7 heteroatoms. The Bertz CT molecular complexity index is 1000. The van der Waals surface area contributed by atoms with Gasteiger partial charge in [0.1, 0.15) is 5.82 Å². The predicted octanol–water partition coefficient (Wildman–Crippen LogP) is 3.28. The van der Waals surface area contributed by atoms with E-state index in [-0.39, 0.29) is 18.1 Å². The van der Waals surface area contributed by atoms with Crippen LogP contribution < -0.4 is 0 Å². The van der Waals surface area contributed by atoms with Crippen LogP contribution in [0.5, 0.6) is 0 Å². The number of benzene rings is 2. The molecule has 0 atom stereocenters. The van der Waals surface area contributed by atoms with Crippen molar-refractivity contribution < 1.29 is 12.8 Å². The first-order valence-electron chi connectivity index (χ1n) is 8.13. The van der Waals surface area contributed by atoms with Gasteiger partial charge in [-0.2, -0.15) is 5.10 Å². The van der Waals surface area contributed by atoms with Crippen molar-refractivity contribution in [1.82, 2.24) is 14.1 Å². The molecule has 0 bridgehead atoms. The third kappa shape index (κ3) is 4.17. The van der Waals surface area contributed by atoms with E-state index < -0.39 is 10.0 Å². The summed E-state index contributed by atoms with van der Waals surface area (Å²) in [5, 5.41) is 4.28. The zero-order valence-corrected chi connectivity index (χ0v) is 15.4. The fourth-order valence-electron chi connectivity index (χ4n) is 2.65. The molecule has 0 saturated carbocycles. The van der Waals surface area contributed by atoms with Crippen molar-refractivity contribution in [3.8, 4) is 5.69 Å². The van der Waals surface area contributed by atoms with Crippen LogP contribution in [-0.2, 0) is 22.3 Å². The van der Waals surface area contributed by atoms with E-state index in [1.807, 2.05) is 36.5 Å². The number of nitrogens with zero attached hydrogens (tertiary/aromatic N) is 3. The van der Waals surface area contributed by atoms with Gasteiger partial charge in [0.2, 0.25) is 10.0 Å². The van der Waals surface area contributed by atoms with Crippen molar-refractivity contribution >= 4 is 10.0 Å². The maximum absolute atomic E-state index is 13.2. The third-order valence-corrected chi connectivity index (χ3v) is 5.93. The molecule has 26 heavy (non-hydrogen) atoms. The maximum Gasteiger partial charge on any atom is 0.218 e. The summed E-state index contributed by atoms with van der Waals surface area (Å²) in [7, 11) is -1.99. The second-order valence-corrected chi connectivity index (χ2v) is 8.29. The second-order valence-electron chi connectivity index (χ2n) is 6.21. The van der Waals surface area contributed by atoms with Gasteiger partial charge in [-0.3, -0.25) is 0 Å². The van der Waals surface area contributed by atoms with Gasteiger partial charge in [-0.25, -0.2) is 21.8 Å². The van der Waals surface area contributed by atoms with Crippen molar-refractivity contribution in [2.24, 2.45) is 0 Å². The Hall–Kier alpha value is -2.51. The molecular weight excluding hydrogens is 353 g/mol. The molecule has 0 radical (unpaired) electrons. The topological polar surface area (TPSA) is 55.2 Å². The van der Waals surface area contributed by atoms with Crippen LogP contribution >= 0.6 is 0 Å². The fraction of sp³-hybridized carbons (Fsp3) is 0.211. The molecular formula is C19H20FN3O2S. The van der Waals surface area contributed by atoms with Gasteiger partial charge in [-0.05, 0) is 42.3 Å². The summed E-state index contributed by atoms with van der Waals surface area (Å²) in [5.41, 5.74) is 2.92. The largest absolute Gasteiger partial charge is 0.241 e. The van der Waals surface area contributed by atoms with Gasteiger partial charge in [0.05, 0.1) is 17.6 Å². The molecule has 1 aromatic heterocycles. The van der Waals surface area contributed by atoms with Crippen LogP contribution in [0.2, 0.25) is 0 Å². The molecule has 0 N–H and O–H groups in total. The Morgan fingerprint density at radius 1 is 1.15 bits per heavy atom. The number of hydrogen-bond donors (Lipinski definition) is 0. The molecule has 0 aliphatic heterocycles.